The fourth-order valence-corrected chi connectivity index (χ4v) is 3.73. The number of anilines is 1. The van der Waals surface area contributed by atoms with E-state index in [1.807, 2.05) is 49.9 Å². The Hall–Kier alpha value is -1.84. The Labute approximate surface area is 124 Å². The zero-order valence-corrected chi connectivity index (χ0v) is 12.7. The topological polar surface area (TPSA) is 57.6 Å². The number of carbonyl (C=O) groups excluding carboxylic acids is 1. The van der Waals surface area contributed by atoms with Crippen LogP contribution in [-0.4, -0.2) is 23.0 Å². The van der Waals surface area contributed by atoms with Crippen LogP contribution in [0.2, 0.25) is 0 Å². The van der Waals surface area contributed by atoms with Crippen molar-refractivity contribution in [2.24, 2.45) is 17.3 Å². The maximum Gasteiger partial charge on any atom is 0.307 e. The highest BCUT2D eigenvalue weighted by molar-refractivity contribution is 6.02. The number of carbonyl (C=O) groups is 2. The van der Waals surface area contributed by atoms with Crippen molar-refractivity contribution >= 4 is 17.6 Å². The lowest BCUT2D eigenvalue weighted by molar-refractivity contribution is -0.140. The van der Waals surface area contributed by atoms with E-state index < -0.39 is 23.2 Å². The molecule has 3 atom stereocenters. The van der Waals surface area contributed by atoms with Gasteiger partial charge in [0.25, 0.3) is 0 Å². The van der Waals surface area contributed by atoms with Crippen LogP contribution >= 0.6 is 0 Å². The highest BCUT2D eigenvalue weighted by atomic mass is 16.4. The summed E-state index contributed by atoms with van der Waals surface area (Å²) in [6.07, 6.45) is 1.89. The van der Waals surface area contributed by atoms with E-state index in [9.17, 15) is 14.7 Å². The van der Waals surface area contributed by atoms with Crippen molar-refractivity contribution < 1.29 is 14.7 Å². The Balaban J connectivity index is 1.94. The van der Waals surface area contributed by atoms with Crippen LogP contribution in [0.4, 0.5) is 5.69 Å². The molecule has 1 N–H and O–H groups in total. The Morgan fingerprint density at radius 1 is 1.24 bits per heavy atom. The predicted molar refractivity (Wildman–Crippen MR) is 80.1 cm³/mol. The SMILES string of the molecule is CC1CCc2ccccc2N1C(=O)C1C(C(=O)O)C1(C)C. The van der Waals surface area contributed by atoms with E-state index in [-0.39, 0.29) is 11.9 Å². The highest BCUT2D eigenvalue weighted by Crippen LogP contribution is 2.59. The Morgan fingerprint density at radius 3 is 2.52 bits per heavy atom. The van der Waals surface area contributed by atoms with Gasteiger partial charge in [0.1, 0.15) is 0 Å². The van der Waals surface area contributed by atoms with Gasteiger partial charge in [-0.3, -0.25) is 9.59 Å². The molecule has 21 heavy (non-hydrogen) atoms. The second-order valence-electron chi connectivity index (χ2n) is 6.84. The van der Waals surface area contributed by atoms with Crippen LogP contribution in [0.25, 0.3) is 0 Å². The molecule has 3 unspecified atom stereocenters. The third kappa shape index (κ3) is 2.04. The summed E-state index contributed by atoms with van der Waals surface area (Å²) in [5.41, 5.74) is 1.68. The van der Waals surface area contributed by atoms with Gasteiger partial charge in [-0.25, -0.2) is 0 Å². The standard InChI is InChI=1S/C17H21NO3/c1-10-8-9-11-6-4-5-7-12(11)18(10)15(19)13-14(16(20)21)17(13,2)3/h4-7,10,13-14H,8-9H2,1-3H3,(H,20,21). The molecule has 2 aliphatic rings. The summed E-state index contributed by atoms with van der Waals surface area (Å²) in [5.74, 6) is -1.88. The van der Waals surface area contributed by atoms with Crippen LogP contribution in [0.5, 0.6) is 0 Å². The van der Waals surface area contributed by atoms with E-state index in [0.29, 0.717) is 0 Å². The van der Waals surface area contributed by atoms with E-state index in [1.165, 1.54) is 5.56 Å². The number of hydrogen-bond donors (Lipinski definition) is 1. The summed E-state index contributed by atoms with van der Waals surface area (Å²) in [6, 6.07) is 8.06. The molecule has 1 amide bonds. The first kappa shape index (κ1) is 14.1. The van der Waals surface area contributed by atoms with Crippen molar-refractivity contribution in [2.45, 2.75) is 39.7 Å². The molecule has 4 heteroatoms. The Bertz CT molecular complexity index is 608. The molecule has 3 rings (SSSR count). The third-order valence-corrected chi connectivity index (χ3v) is 5.12. The number of carboxylic acid groups (broad SMARTS) is 1. The van der Waals surface area contributed by atoms with Crippen LogP contribution in [0, 0.1) is 17.3 Å². The molecule has 0 radical (unpaired) electrons. The molecule has 1 aromatic rings. The van der Waals surface area contributed by atoms with E-state index >= 15 is 0 Å². The van der Waals surface area contributed by atoms with Gasteiger partial charge in [-0.15, -0.1) is 0 Å². The average molecular weight is 287 g/mol. The van der Waals surface area contributed by atoms with Crippen LogP contribution in [0.15, 0.2) is 24.3 Å². The molecule has 1 aliphatic heterocycles. The number of benzene rings is 1. The Kier molecular flexibility index (Phi) is 3.08. The molecular weight excluding hydrogens is 266 g/mol. The minimum Gasteiger partial charge on any atom is -0.481 e. The first-order valence-corrected chi connectivity index (χ1v) is 7.49. The normalized spacial score (nSPS) is 29.7. The fraction of sp³-hybridized carbons (Fsp3) is 0.529. The number of fused-ring (bicyclic) bond motifs is 1. The first-order valence-electron chi connectivity index (χ1n) is 7.49. The summed E-state index contributed by atoms with van der Waals surface area (Å²) in [5, 5.41) is 9.30. The monoisotopic (exact) mass is 287 g/mol. The molecule has 1 fully saturated rings. The number of carboxylic acids is 1. The second kappa shape index (κ2) is 4.58. The largest absolute Gasteiger partial charge is 0.481 e. The van der Waals surface area contributed by atoms with Crippen LogP contribution in [0.3, 0.4) is 0 Å². The maximum atomic E-state index is 12.9. The van der Waals surface area contributed by atoms with Crippen LogP contribution in [0.1, 0.15) is 32.8 Å². The number of rotatable bonds is 2. The van der Waals surface area contributed by atoms with Crippen molar-refractivity contribution in [3.8, 4) is 0 Å². The zero-order chi connectivity index (χ0) is 15.4. The molecule has 1 saturated carbocycles. The summed E-state index contributed by atoms with van der Waals surface area (Å²) in [4.78, 5) is 26.1. The van der Waals surface area contributed by atoms with Crippen molar-refractivity contribution in [3.63, 3.8) is 0 Å². The average Bonchev–Trinajstić information content (AvgIpc) is 3.01. The van der Waals surface area contributed by atoms with Gasteiger partial charge in [0, 0.05) is 11.7 Å². The van der Waals surface area contributed by atoms with Crippen LogP contribution < -0.4 is 4.90 Å². The fourth-order valence-electron chi connectivity index (χ4n) is 3.73. The summed E-state index contributed by atoms with van der Waals surface area (Å²) in [7, 11) is 0. The molecule has 112 valence electrons. The van der Waals surface area contributed by atoms with Gasteiger partial charge in [-0.05, 0) is 36.8 Å². The van der Waals surface area contributed by atoms with Gasteiger partial charge in [-0.1, -0.05) is 32.0 Å². The molecule has 0 aromatic heterocycles. The number of para-hydroxylation sites is 1. The van der Waals surface area contributed by atoms with Gasteiger partial charge in [-0.2, -0.15) is 0 Å². The van der Waals surface area contributed by atoms with Gasteiger partial charge >= 0.3 is 5.97 Å². The van der Waals surface area contributed by atoms with Gasteiger partial charge in [0.15, 0.2) is 0 Å². The minimum atomic E-state index is -0.865. The van der Waals surface area contributed by atoms with Crippen LogP contribution in [-0.2, 0) is 16.0 Å². The summed E-state index contributed by atoms with van der Waals surface area (Å²) in [6.45, 7) is 5.78. The predicted octanol–water partition coefficient (Wildman–Crippen LogP) is 2.71. The number of nitrogens with zero attached hydrogens (tertiary/aromatic N) is 1. The number of aliphatic carboxylic acids is 1. The third-order valence-electron chi connectivity index (χ3n) is 5.12. The lowest BCUT2D eigenvalue weighted by Crippen LogP contribution is -2.43. The van der Waals surface area contributed by atoms with E-state index in [2.05, 4.69) is 0 Å². The van der Waals surface area contributed by atoms with Crippen molar-refractivity contribution in [2.75, 3.05) is 4.90 Å². The lowest BCUT2D eigenvalue weighted by Gasteiger charge is -2.35. The quantitative estimate of drug-likeness (QED) is 0.910. The maximum absolute atomic E-state index is 12.9. The summed E-state index contributed by atoms with van der Waals surface area (Å²) < 4.78 is 0. The number of hydrogen-bond acceptors (Lipinski definition) is 2. The summed E-state index contributed by atoms with van der Waals surface area (Å²) >= 11 is 0. The molecule has 0 spiro atoms. The van der Waals surface area contributed by atoms with Gasteiger partial charge in [0.05, 0.1) is 11.8 Å². The minimum absolute atomic E-state index is 0.0351. The number of amides is 1. The lowest BCUT2D eigenvalue weighted by atomic mass is 9.95. The first-order chi connectivity index (χ1) is 9.85. The molecular formula is C17H21NO3. The van der Waals surface area contributed by atoms with E-state index in [4.69, 9.17) is 0 Å². The highest BCUT2D eigenvalue weighted by Gasteiger charge is 2.67. The molecule has 0 bridgehead atoms. The molecule has 1 heterocycles. The van der Waals surface area contributed by atoms with Gasteiger partial charge in [0.2, 0.25) is 5.91 Å². The Morgan fingerprint density at radius 2 is 1.90 bits per heavy atom. The van der Waals surface area contributed by atoms with E-state index in [0.717, 1.165) is 18.5 Å². The molecule has 4 nitrogen and oxygen atoms in total. The van der Waals surface area contributed by atoms with Gasteiger partial charge < -0.3 is 10.0 Å². The zero-order valence-electron chi connectivity index (χ0n) is 12.7. The molecule has 1 aromatic carbocycles. The smallest absolute Gasteiger partial charge is 0.307 e. The van der Waals surface area contributed by atoms with Crippen molar-refractivity contribution in [1.82, 2.24) is 0 Å². The van der Waals surface area contributed by atoms with Crippen molar-refractivity contribution in [1.29, 1.82) is 0 Å². The number of aryl methyl sites for hydroxylation is 1. The van der Waals surface area contributed by atoms with E-state index in [1.54, 1.807) is 0 Å². The second-order valence-corrected chi connectivity index (χ2v) is 6.84. The molecule has 0 saturated heterocycles. The molecule has 1 aliphatic carbocycles. The van der Waals surface area contributed by atoms with Crippen molar-refractivity contribution in [3.05, 3.63) is 29.8 Å².